The van der Waals surface area contributed by atoms with E-state index in [1.165, 1.54) is 4.90 Å². The lowest BCUT2D eigenvalue weighted by Gasteiger charge is -2.15. The maximum absolute atomic E-state index is 12.1. The number of hydrogen-bond donors (Lipinski definition) is 2. The highest BCUT2D eigenvalue weighted by Gasteiger charge is 2.21. The molecule has 1 aromatic rings. The van der Waals surface area contributed by atoms with Gasteiger partial charge in [0.05, 0.1) is 6.54 Å². The van der Waals surface area contributed by atoms with Crippen molar-refractivity contribution in [2.24, 2.45) is 0 Å². The number of carbonyl (C=O) groups excluding carboxylic acids is 5. The first-order valence-electron chi connectivity index (χ1n) is 9.09. The molecule has 1 aliphatic heterocycles. The van der Waals surface area contributed by atoms with Crippen molar-refractivity contribution in [1.82, 2.24) is 15.5 Å². The third-order valence-electron chi connectivity index (χ3n) is 4.21. The van der Waals surface area contributed by atoms with Crippen molar-refractivity contribution in [1.29, 1.82) is 0 Å². The first-order chi connectivity index (χ1) is 13.8. The molecule has 1 saturated heterocycles. The highest BCUT2D eigenvalue weighted by atomic mass is 16.5. The minimum atomic E-state index is -0.785. The quantitative estimate of drug-likeness (QED) is 0.552. The van der Waals surface area contributed by atoms with E-state index in [-0.39, 0.29) is 18.4 Å². The number of rotatable bonds is 8. The molecule has 0 radical (unpaired) electrons. The molecule has 10 nitrogen and oxygen atoms in total. The van der Waals surface area contributed by atoms with Gasteiger partial charge in [-0.25, -0.2) is 0 Å². The Morgan fingerprint density at radius 1 is 1.07 bits per heavy atom. The normalized spacial score (nSPS) is 13.0. The largest absolute Gasteiger partial charge is 0.454 e. The SMILES string of the molecule is CN(C)C(=O)CNC(=O)COC(=O)CNC(=O)c1ccc(N2CCCC2=O)cc1. The van der Waals surface area contributed by atoms with Crippen LogP contribution in [0.1, 0.15) is 23.2 Å². The number of amides is 4. The standard InChI is InChI=1S/C19H24N4O6/c1-22(2)17(26)10-20-15(24)12-29-18(27)11-21-19(28)13-5-7-14(8-6-13)23-9-3-4-16(23)25/h5-8H,3-4,9-12H2,1-2H3,(H,20,24)(H,21,28). The van der Waals surface area contributed by atoms with Gasteiger partial charge in [-0.05, 0) is 30.7 Å². The van der Waals surface area contributed by atoms with Gasteiger partial charge in [-0.1, -0.05) is 0 Å². The Bertz CT molecular complexity index is 790. The molecule has 2 rings (SSSR count). The molecule has 1 aliphatic rings. The molecule has 29 heavy (non-hydrogen) atoms. The molecule has 0 aliphatic carbocycles. The highest BCUT2D eigenvalue weighted by molar-refractivity contribution is 5.98. The minimum absolute atomic E-state index is 0.0556. The van der Waals surface area contributed by atoms with Crippen molar-refractivity contribution in [3.8, 4) is 0 Å². The summed E-state index contributed by atoms with van der Waals surface area (Å²) in [5.41, 5.74) is 1.05. The Hall–Kier alpha value is -3.43. The average molecular weight is 404 g/mol. The molecule has 10 heteroatoms. The number of nitrogens with zero attached hydrogens (tertiary/aromatic N) is 2. The first kappa shape index (κ1) is 21.9. The molecule has 0 bridgehead atoms. The molecule has 1 heterocycles. The molecule has 156 valence electrons. The molecule has 0 unspecified atom stereocenters. The van der Waals surface area contributed by atoms with Crippen molar-refractivity contribution in [3.63, 3.8) is 0 Å². The molecule has 1 fully saturated rings. The van der Waals surface area contributed by atoms with Crippen LogP contribution >= 0.6 is 0 Å². The summed E-state index contributed by atoms with van der Waals surface area (Å²) in [5.74, 6) is -2.13. The maximum Gasteiger partial charge on any atom is 0.325 e. The van der Waals surface area contributed by atoms with E-state index in [2.05, 4.69) is 10.6 Å². The summed E-state index contributed by atoms with van der Waals surface area (Å²) in [7, 11) is 3.10. The summed E-state index contributed by atoms with van der Waals surface area (Å²) in [6.07, 6.45) is 1.33. The number of nitrogens with one attached hydrogen (secondary N) is 2. The topological polar surface area (TPSA) is 125 Å². The van der Waals surface area contributed by atoms with Crippen LogP contribution in [0.3, 0.4) is 0 Å². The van der Waals surface area contributed by atoms with E-state index < -0.39 is 30.9 Å². The molecular formula is C19H24N4O6. The van der Waals surface area contributed by atoms with Gasteiger partial charge in [0.15, 0.2) is 6.61 Å². The smallest absolute Gasteiger partial charge is 0.325 e. The first-order valence-corrected chi connectivity index (χ1v) is 9.09. The highest BCUT2D eigenvalue weighted by Crippen LogP contribution is 2.21. The monoisotopic (exact) mass is 404 g/mol. The average Bonchev–Trinajstić information content (AvgIpc) is 3.14. The lowest BCUT2D eigenvalue weighted by molar-refractivity contribution is -0.147. The molecule has 0 atom stereocenters. The lowest BCUT2D eigenvalue weighted by atomic mass is 10.2. The maximum atomic E-state index is 12.1. The predicted molar refractivity (Wildman–Crippen MR) is 103 cm³/mol. The molecule has 0 aromatic heterocycles. The van der Waals surface area contributed by atoms with Gasteiger partial charge in [-0.3, -0.25) is 24.0 Å². The van der Waals surface area contributed by atoms with Crippen molar-refractivity contribution >= 4 is 35.3 Å². The lowest BCUT2D eigenvalue weighted by Crippen LogP contribution is -2.39. The van der Waals surface area contributed by atoms with Crippen LogP contribution in [0.2, 0.25) is 0 Å². The fourth-order valence-corrected chi connectivity index (χ4v) is 2.55. The van der Waals surface area contributed by atoms with Gasteiger partial charge < -0.3 is 25.2 Å². The zero-order chi connectivity index (χ0) is 21.4. The Morgan fingerprint density at radius 3 is 2.34 bits per heavy atom. The number of hydrogen-bond acceptors (Lipinski definition) is 6. The summed E-state index contributed by atoms with van der Waals surface area (Å²) in [6.45, 7) is -0.491. The molecule has 0 saturated carbocycles. The summed E-state index contributed by atoms with van der Waals surface area (Å²) < 4.78 is 4.75. The van der Waals surface area contributed by atoms with E-state index in [0.717, 1.165) is 12.1 Å². The fraction of sp³-hybridized carbons (Fsp3) is 0.421. The van der Waals surface area contributed by atoms with E-state index in [9.17, 15) is 24.0 Å². The van der Waals surface area contributed by atoms with E-state index in [0.29, 0.717) is 18.5 Å². The molecule has 4 amide bonds. The van der Waals surface area contributed by atoms with Crippen LogP contribution in [0, 0.1) is 0 Å². The van der Waals surface area contributed by atoms with Crippen molar-refractivity contribution in [2.75, 3.05) is 45.2 Å². The van der Waals surface area contributed by atoms with Crippen molar-refractivity contribution < 1.29 is 28.7 Å². The van der Waals surface area contributed by atoms with Gasteiger partial charge in [-0.2, -0.15) is 0 Å². The number of ether oxygens (including phenoxy) is 1. The van der Waals surface area contributed by atoms with Gasteiger partial charge in [0, 0.05) is 38.3 Å². The second kappa shape index (κ2) is 10.2. The van der Waals surface area contributed by atoms with Crippen LogP contribution in [-0.4, -0.2) is 74.8 Å². The summed E-state index contributed by atoms with van der Waals surface area (Å²) >= 11 is 0. The minimum Gasteiger partial charge on any atom is -0.454 e. The van der Waals surface area contributed by atoms with Crippen LogP contribution in [0.4, 0.5) is 5.69 Å². The second-order valence-electron chi connectivity index (χ2n) is 6.60. The number of likely N-dealkylation sites (N-methyl/N-ethyl adjacent to an activating group) is 1. The summed E-state index contributed by atoms with van der Waals surface area (Å²) in [6, 6.07) is 6.49. The van der Waals surface area contributed by atoms with Gasteiger partial charge in [0.25, 0.3) is 11.8 Å². The number of esters is 1. The van der Waals surface area contributed by atoms with Crippen LogP contribution in [0.15, 0.2) is 24.3 Å². The Labute approximate surface area is 168 Å². The molecular weight excluding hydrogens is 380 g/mol. The Morgan fingerprint density at radius 2 is 1.76 bits per heavy atom. The molecule has 1 aromatic carbocycles. The predicted octanol–water partition coefficient (Wildman–Crippen LogP) is -0.709. The molecule has 0 spiro atoms. The Balaban J connectivity index is 1.71. The van der Waals surface area contributed by atoms with Gasteiger partial charge >= 0.3 is 5.97 Å². The fourth-order valence-electron chi connectivity index (χ4n) is 2.55. The van der Waals surface area contributed by atoms with Gasteiger partial charge in [0.1, 0.15) is 6.54 Å². The second-order valence-corrected chi connectivity index (χ2v) is 6.60. The van der Waals surface area contributed by atoms with Crippen LogP contribution < -0.4 is 15.5 Å². The number of carbonyl (C=O) groups is 5. The zero-order valence-electron chi connectivity index (χ0n) is 16.4. The molecule has 2 N–H and O–H groups in total. The van der Waals surface area contributed by atoms with Gasteiger partial charge in [0.2, 0.25) is 11.8 Å². The summed E-state index contributed by atoms with van der Waals surface area (Å²) in [4.78, 5) is 61.3. The van der Waals surface area contributed by atoms with E-state index in [4.69, 9.17) is 4.74 Å². The van der Waals surface area contributed by atoms with Crippen LogP contribution in [-0.2, 0) is 23.9 Å². The third-order valence-corrected chi connectivity index (χ3v) is 4.21. The van der Waals surface area contributed by atoms with Crippen LogP contribution in [0.5, 0.6) is 0 Å². The van der Waals surface area contributed by atoms with Gasteiger partial charge in [-0.15, -0.1) is 0 Å². The van der Waals surface area contributed by atoms with E-state index in [1.54, 1.807) is 43.3 Å². The van der Waals surface area contributed by atoms with Crippen molar-refractivity contribution in [2.45, 2.75) is 12.8 Å². The number of benzene rings is 1. The van der Waals surface area contributed by atoms with Crippen LogP contribution in [0.25, 0.3) is 0 Å². The summed E-state index contributed by atoms with van der Waals surface area (Å²) in [5, 5.41) is 4.72. The third kappa shape index (κ3) is 6.59. The number of anilines is 1. The van der Waals surface area contributed by atoms with Crippen molar-refractivity contribution in [3.05, 3.63) is 29.8 Å². The zero-order valence-corrected chi connectivity index (χ0v) is 16.4. The van der Waals surface area contributed by atoms with E-state index >= 15 is 0 Å². The van der Waals surface area contributed by atoms with E-state index in [1.807, 2.05) is 0 Å². The Kier molecular flexibility index (Phi) is 7.70.